The molecular formula is C12H17N5O. The summed E-state index contributed by atoms with van der Waals surface area (Å²) < 4.78 is 7.33. The number of hydrogen-bond donors (Lipinski definition) is 2. The highest BCUT2D eigenvalue weighted by molar-refractivity contribution is 5.56. The minimum absolute atomic E-state index is 0.161. The van der Waals surface area contributed by atoms with Crippen molar-refractivity contribution in [3.8, 4) is 11.3 Å². The largest absolute Gasteiger partial charge is 0.378 e. The van der Waals surface area contributed by atoms with Gasteiger partial charge in [-0.1, -0.05) is 0 Å². The molecule has 0 aliphatic carbocycles. The van der Waals surface area contributed by atoms with E-state index in [1.807, 2.05) is 23.3 Å². The summed E-state index contributed by atoms with van der Waals surface area (Å²) in [5, 5.41) is 7.64. The van der Waals surface area contributed by atoms with Crippen LogP contribution in [0.15, 0.2) is 18.6 Å². The minimum Gasteiger partial charge on any atom is -0.378 e. The second-order valence-corrected chi connectivity index (χ2v) is 4.35. The molecule has 2 N–H and O–H groups in total. The number of morpholine rings is 1. The first-order valence-corrected chi connectivity index (χ1v) is 6.25. The zero-order valence-electron chi connectivity index (χ0n) is 10.4. The third kappa shape index (κ3) is 2.16. The average molecular weight is 247 g/mol. The van der Waals surface area contributed by atoms with Crippen molar-refractivity contribution in [2.45, 2.75) is 19.5 Å². The van der Waals surface area contributed by atoms with E-state index < -0.39 is 0 Å². The molecule has 3 rings (SSSR count). The van der Waals surface area contributed by atoms with E-state index in [9.17, 15) is 0 Å². The molecule has 96 valence electrons. The fourth-order valence-corrected chi connectivity index (χ4v) is 2.08. The Kier molecular flexibility index (Phi) is 3.12. The number of aromatic amines is 1. The van der Waals surface area contributed by atoms with Gasteiger partial charge in [0.2, 0.25) is 0 Å². The lowest BCUT2D eigenvalue weighted by Gasteiger charge is -2.21. The van der Waals surface area contributed by atoms with Crippen LogP contribution < -0.4 is 5.32 Å². The molecule has 0 saturated carbocycles. The Labute approximate surface area is 105 Å². The molecule has 0 amide bonds. The summed E-state index contributed by atoms with van der Waals surface area (Å²) in [5.41, 5.74) is 2.06. The molecule has 1 unspecified atom stereocenters. The molecule has 1 atom stereocenters. The molecule has 2 aromatic heterocycles. The third-order valence-electron chi connectivity index (χ3n) is 3.12. The Bertz CT molecular complexity index is 512. The van der Waals surface area contributed by atoms with Gasteiger partial charge in [-0.05, 0) is 6.92 Å². The Balaban J connectivity index is 1.79. The van der Waals surface area contributed by atoms with Gasteiger partial charge in [0, 0.05) is 24.8 Å². The third-order valence-corrected chi connectivity index (χ3v) is 3.12. The second-order valence-electron chi connectivity index (χ2n) is 4.35. The van der Waals surface area contributed by atoms with Gasteiger partial charge in [0.1, 0.15) is 5.82 Å². The summed E-state index contributed by atoms with van der Waals surface area (Å²) in [4.78, 5) is 7.75. The molecule has 0 bridgehead atoms. The summed E-state index contributed by atoms with van der Waals surface area (Å²) >= 11 is 0. The molecule has 6 nitrogen and oxygen atoms in total. The number of hydrogen-bond acceptors (Lipinski definition) is 4. The summed E-state index contributed by atoms with van der Waals surface area (Å²) in [6.07, 6.45) is 5.72. The molecule has 0 radical (unpaired) electrons. The summed E-state index contributed by atoms with van der Waals surface area (Å²) in [6, 6.07) is 0.161. The van der Waals surface area contributed by atoms with Crippen molar-refractivity contribution < 1.29 is 4.74 Å². The van der Waals surface area contributed by atoms with E-state index >= 15 is 0 Å². The molecule has 1 saturated heterocycles. The van der Waals surface area contributed by atoms with E-state index in [-0.39, 0.29) is 6.04 Å². The van der Waals surface area contributed by atoms with Crippen LogP contribution >= 0.6 is 0 Å². The lowest BCUT2D eigenvalue weighted by Crippen LogP contribution is -2.35. The standard InChI is InChI=1S/C12H17N5O/c1-2-17-7-9(5-15-17)10-6-14-12(16-10)11-8-18-4-3-13-11/h5-7,11,13H,2-4,8H2,1H3,(H,14,16). The Morgan fingerprint density at radius 3 is 3.17 bits per heavy atom. The molecule has 1 aliphatic heterocycles. The summed E-state index contributed by atoms with van der Waals surface area (Å²) in [6.45, 7) is 5.25. The van der Waals surface area contributed by atoms with E-state index in [1.165, 1.54) is 0 Å². The van der Waals surface area contributed by atoms with Gasteiger partial charge in [0.05, 0.1) is 37.3 Å². The van der Waals surface area contributed by atoms with Crippen molar-refractivity contribution in [3.05, 3.63) is 24.4 Å². The van der Waals surface area contributed by atoms with Crippen molar-refractivity contribution in [2.24, 2.45) is 0 Å². The smallest absolute Gasteiger partial charge is 0.126 e. The van der Waals surface area contributed by atoms with Gasteiger partial charge in [-0.25, -0.2) is 4.98 Å². The molecule has 3 heterocycles. The SMILES string of the molecule is CCn1cc(-c2cnc(C3COCCN3)[nH]2)cn1. The Morgan fingerprint density at radius 1 is 1.50 bits per heavy atom. The highest BCUT2D eigenvalue weighted by Crippen LogP contribution is 2.19. The second kappa shape index (κ2) is 4.91. The van der Waals surface area contributed by atoms with E-state index in [2.05, 4.69) is 27.3 Å². The monoisotopic (exact) mass is 247 g/mol. The van der Waals surface area contributed by atoms with Gasteiger partial charge in [0.25, 0.3) is 0 Å². The first-order valence-electron chi connectivity index (χ1n) is 6.25. The topological polar surface area (TPSA) is 67.8 Å². The number of nitrogens with one attached hydrogen (secondary N) is 2. The first kappa shape index (κ1) is 11.4. The highest BCUT2D eigenvalue weighted by atomic mass is 16.5. The number of aromatic nitrogens is 4. The molecule has 0 spiro atoms. The lowest BCUT2D eigenvalue weighted by molar-refractivity contribution is 0.0745. The number of ether oxygens (including phenoxy) is 1. The van der Waals surface area contributed by atoms with Crippen LogP contribution in [0.2, 0.25) is 0 Å². The van der Waals surface area contributed by atoms with Crippen LogP contribution in [0.4, 0.5) is 0 Å². The minimum atomic E-state index is 0.161. The zero-order valence-corrected chi connectivity index (χ0v) is 10.4. The molecule has 0 aromatic carbocycles. The molecule has 1 aliphatic rings. The van der Waals surface area contributed by atoms with Crippen LogP contribution in [0.3, 0.4) is 0 Å². The fourth-order valence-electron chi connectivity index (χ4n) is 2.08. The van der Waals surface area contributed by atoms with E-state index in [0.29, 0.717) is 6.61 Å². The van der Waals surface area contributed by atoms with Crippen LogP contribution in [0.1, 0.15) is 18.8 Å². The maximum absolute atomic E-state index is 5.43. The average Bonchev–Trinajstić information content (AvgIpc) is 3.08. The summed E-state index contributed by atoms with van der Waals surface area (Å²) in [5.74, 6) is 0.925. The van der Waals surface area contributed by atoms with Crippen LogP contribution in [0.25, 0.3) is 11.3 Å². The van der Waals surface area contributed by atoms with Gasteiger partial charge in [-0.15, -0.1) is 0 Å². The van der Waals surface area contributed by atoms with Crippen molar-refractivity contribution in [1.82, 2.24) is 25.1 Å². The normalized spacial score (nSPS) is 20.2. The number of imidazole rings is 1. The quantitative estimate of drug-likeness (QED) is 0.847. The highest BCUT2D eigenvalue weighted by Gasteiger charge is 2.18. The predicted molar refractivity (Wildman–Crippen MR) is 67.0 cm³/mol. The van der Waals surface area contributed by atoms with Crippen LogP contribution in [-0.2, 0) is 11.3 Å². The van der Waals surface area contributed by atoms with E-state index in [4.69, 9.17) is 4.74 Å². The van der Waals surface area contributed by atoms with Gasteiger partial charge >= 0.3 is 0 Å². The number of aryl methyl sites for hydroxylation is 1. The fraction of sp³-hybridized carbons (Fsp3) is 0.500. The zero-order chi connectivity index (χ0) is 12.4. The molecule has 18 heavy (non-hydrogen) atoms. The van der Waals surface area contributed by atoms with Gasteiger partial charge in [0.15, 0.2) is 0 Å². The Hall–Kier alpha value is -1.66. The van der Waals surface area contributed by atoms with E-state index in [0.717, 1.165) is 36.8 Å². The van der Waals surface area contributed by atoms with Crippen LogP contribution in [0.5, 0.6) is 0 Å². The maximum atomic E-state index is 5.43. The number of nitrogens with zero attached hydrogens (tertiary/aromatic N) is 3. The predicted octanol–water partition coefficient (Wildman–Crippen LogP) is 0.954. The van der Waals surface area contributed by atoms with Crippen molar-refractivity contribution in [2.75, 3.05) is 19.8 Å². The lowest BCUT2D eigenvalue weighted by atomic mass is 10.2. The van der Waals surface area contributed by atoms with Crippen molar-refractivity contribution in [3.63, 3.8) is 0 Å². The van der Waals surface area contributed by atoms with Crippen molar-refractivity contribution >= 4 is 0 Å². The van der Waals surface area contributed by atoms with Gasteiger partial charge in [-0.2, -0.15) is 5.10 Å². The van der Waals surface area contributed by atoms with Gasteiger partial charge in [-0.3, -0.25) is 4.68 Å². The first-order chi connectivity index (χ1) is 8.86. The maximum Gasteiger partial charge on any atom is 0.126 e. The Morgan fingerprint density at radius 2 is 2.44 bits per heavy atom. The van der Waals surface area contributed by atoms with Gasteiger partial charge < -0.3 is 15.0 Å². The summed E-state index contributed by atoms with van der Waals surface area (Å²) in [7, 11) is 0. The molecule has 1 fully saturated rings. The van der Waals surface area contributed by atoms with Crippen LogP contribution in [0, 0.1) is 0 Å². The number of rotatable bonds is 3. The molecule has 6 heteroatoms. The van der Waals surface area contributed by atoms with E-state index in [1.54, 1.807) is 0 Å². The van der Waals surface area contributed by atoms with Crippen molar-refractivity contribution in [1.29, 1.82) is 0 Å². The van der Waals surface area contributed by atoms with Crippen LogP contribution in [-0.4, -0.2) is 39.5 Å². The number of H-pyrrole nitrogens is 1. The molecule has 2 aromatic rings. The molecular weight excluding hydrogens is 230 g/mol.